The predicted molar refractivity (Wildman–Crippen MR) is 110 cm³/mol. The lowest BCUT2D eigenvalue weighted by Crippen LogP contribution is -2.34. The third-order valence-electron chi connectivity index (χ3n) is 6.07. The second-order valence-electron chi connectivity index (χ2n) is 8.63. The summed E-state index contributed by atoms with van der Waals surface area (Å²) in [6, 6.07) is 5.70. The number of rotatable bonds is 7. The van der Waals surface area contributed by atoms with Gasteiger partial charge >= 0.3 is 6.16 Å². The molecule has 2 N–H and O–H groups in total. The lowest BCUT2D eigenvalue weighted by atomic mass is 10.0. The average Bonchev–Trinajstić information content (AvgIpc) is 3.14. The molecule has 0 radical (unpaired) electrons. The number of aromatic nitrogens is 3. The molecular weight excluding hydrogens is 434 g/mol. The Bertz CT molecular complexity index is 1130. The molecule has 12 nitrogen and oxygen atoms in total. The third kappa shape index (κ3) is 3.07. The van der Waals surface area contributed by atoms with E-state index in [2.05, 4.69) is 16.2 Å². The van der Waals surface area contributed by atoms with Gasteiger partial charge in [0.05, 0.1) is 12.3 Å². The van der Waals surface area contributed by atoms with Gasteiger partial charge in [0.25, 0.3) is 0 Å². The highest BCUT2D eigenvalue weighted by atomic mass is 16.8. The molecule has 2 aliphatic heterocycles. The van der Waals surface area contributed by atoms with Gasteiger partial charge in [-0.15, -0.1) is 0 Å². The van der Waals surface area contributed by atoms with Crippen molar-refractivity contribution in [2.75, 3.05) is 25.6 Å². The second-order valence-corrected chi connectivity index (χ2v) is 8.63. The normalized spacial score (nSPS) is 33.3. The number of nitriles is 1. The Hall–Kier alpha value is -2.98. The van der Waals surface area contributed by atoms with Crippen LogP contribution in [0.3, 0.4) is 0 Å². The number of anilines is 1. The number of carbonyl (C=O) groups is 1. The van der Waals surface area contributed by atoms with Gasteiger partial charge in [0.2, 0.25) is 5.60 Å². The van der Waals surface area contributed by atoms with E-state index in [0.29, 0.717) is 23.6 Å². The molecule has 0 amide bonds. The fourth-order valence-corrected chi connectivity index (χ4v) is 4.79. The van der Waals surface area contributed by atoms with Gasteiger partial charge < -0.3 is 34.2 Å². The molecule has 0 bridgehead atoms. The molecule has 12 heteroatoms. The van der Waals surface area contributed by atoms with Crippen LogP contribution in [0.5, 0.6) is 0 Å². The monoisotopic (exact) mass is 459 g/mol. The third-order valence-corrected chi connectivity index (χ3v) is 6.07. The number of ether oxygens (including phenoxy) is 6. The fraction of sp³-hybridized carbons (Fsp3) is 0.619. The predicted octanol–water partition coefficient (Wildman–Crippen LogP) is 1.50. The topological polar surface area (TPSA) is 152 Å². The summed E-state index contributed by atoms with van der Waals surface area (Å²) in [6.07, 6.45) is -1.22. The zero-order chi connectivity index (χ0) is 23.4. The highest BCUT2D eigenvalue weighted by Gasteiger charge is 2.96. The second kappa shape index (κ2) is 7.53. The van der Waals surface area contributed by atoms with Gasteiger partial charge in [-0.2, -0.15) is 10.4 Å². The van der Waals surface area contributed by atoms with Gasteiger partial charge in [0.1, 0.15) is 36.7 Å². The van der Waals surface area contributed by atoms with Crippen molar-refractivity contribution in [2.45, 2.75) is 62.5 Å². The molecule has 176 valence electrons. The molecule has 33 heavy (non-hydrogen) atoms. The van der Waals surface area contributed by atoms with Crippen molar-refractivity contribution in [3.05, 3.63) is 24.2 Å². The van der Waals surface area contributed by atoms with Crippen LogP contribution in [-0.2, 0) is 28.4 Å². The van der Waals surface area contributed by atoms with Gasteiger partial charge in [-0.3, -0.25) is 0 Å². The first-order valence-electron chi connectivity index (χ1n) is 10.8. The maximum absolute atomic E-state index is 12.3. The number of nitrogens with two attached hydrogens (primary N) is 1. The Balaban J connectivity index is 1.39. The minimum atomic E-state index is -1.56. The fourth-order valence-electron chi connectivity index (χ4n) is 4.79. The van der Waals surface area contributed by atoms with Crippen LogP contribution in [0.25, 0.3) is 5.52 Å². The van der Waals surface area contributed by atoms with Crippen molar-refractivity contribution in [3.63, 3.8) is 0 Å². The zero-order valence-electron chi connectivity index (χ0n) is 18.5. The van der Waals surface area contributed by atoms with Crippen LogP contribution in [0.2, 0.25) is 0 Å². The van der Waals surface area contributed by atoms with Crippen molar-refractivity contribution in [1.29, 1.82) is 5.26 Å². The van der Waals surface area contributed by atoms with E-state index in [1.165, 1.54) is 6.33 Å². The van der Waals surface area contributed by atoms with E-state index in [0.717, 1.165) is 6.42 Å². The highest BCUT2D eigenvalue weighted by molar-refractivity contribution is 5.66. The van der Waals surface area contributed by atoms with Crippen LogP contribution in [-0.4, -0.2) is 69.8 Å². The lowest BCUT2D eigenvalue weighted by molar-refractivity contribution is -0.182. The molecule has 1 saturated carbocycles. The average molecular weight is 459 g/mol. The number of fused-ring (bicyclic) bond motifs is 1. The summed E-state index contributed by atoms with van der Waals surface area (Å²) in [7, 11) is 0. The molecule has 1 aliphatic carbocycles. The molecule has 4 heterocycles. The Morgan fingerprint density at radius 2 is 2.12 bits per heavy atom. The summed E-state index contributed by atoms with van der Waals surface area (Å²) in [5.74, 6) is -0.730. The number of hydrogen-bond donors (Lipinski definition) is 1. The first kappa shape index (κ1) is 21.8. The van der Waals surface area contributed by atoms with Crippen molar-refractivity contribution < 1.29 is 33.2 Å². The Labute approximate surface area is 189 Å². The first-order valence-corrected chi connectivity index (χ1v) is 10.8. The van der Waals surface area contributed by atoms with E-state index in [-0.39, 0.29) is 13.2 Å². The Kier molecular flexibility index (Phi) is 4.98. The SMILES string of the molecule is CCCOCCOC(=O)OC1[C@@]2(C#N)O[C@@H](c3ccc4c(N)ncnn34)[C@@H]3OC(C)(C)O[C@@]132. The van der Waals surface area contributed by atoms with E-state index in [9.17, 15) is 10.1 Å². The molecule has 5 rings (SSSR count). The van der Waals surface area contributed by atoms with Crippen LogP contribution in [0.4, 0.5) is 10.6 Å². The number of nitrogen functional groups attached to an aromatic ring is 1. The first-order chi connectivity index (χ1) is 15.8. The van der Waals surface area contributed by atoms with Gasteiger partial charge in [-0.25, -0.2) is 14.3 Å². The van der Waals surface area contributed by atoms with Crippen molar-refractivity contribution in [1.82, 2.24) is 14.6 Å². The number of nitrogens with zero attached hydrogens (tertiary/aromatic N) is 4. The summed E-state index contributed by atoms with van der Waals surface area (Å²) < 4.78 is 36.0. The molecule has 2 aromatic rings. The summed E-state index contributed by atoms with van der Waals surface area (Å²) in [4.78, 5) is 16.3. The van der Waals surface area contributed by atoms with Gasteiger partial charge in [-0.05, 0) is 32.4 Å². The summed E-state index contributed by atoms with van der Waals surface area (Å²) in [6.45, 7) is 6.30. The van der Waals surface area contributed by atoms with Crippen molar-refractivity contribution >= 4 is 17.5 Å². The maximum atomic E-state index is 12.3. The van der Waals surface area contributed by atoms with Crippen molar-refractivity contribution in [3.8, 4) is 6.07 Å². The standard InChI is InChI=1S/C21H25N5O7/c1-4-7-28-8-9-29-18(27)30-17-20(10-22)21(17)15(32-19(2,3)33-21)14(31-20)12-5-6-13-16(23)24-11-25-26(12)13/h5-6,11,14-15,17H,4,7-9H2,1-3H3,(H2,23,24,25)/t14-,15-,17?,20+,21+/m0/s1. The van der Waals surface area contributed by atoms with E-state index >= 15 is 0 Å². The summed E-state index contributed by atoms with van der Waals surface area (Å²) >= 11 is 0. The molecule has 5 atom stereocenters. The molecule has 2 aromatic heterocycles. The number of carbonyl (C=O) groups excluding carboxylic acids is 1. The lowest BCUT2D eigenvalue weighted by Gasteiger charge is -2.24. The van der Waals surface area contributed by atoms with E-state index in [1.54, 1.807) is 30.5 Å². The smallest absolute Gasteiger partial charge is 0.432 e. The molecule has 3 aliphatic rings. The van der Waals surface area contributed by atoms with Crippen molar-refractivity contribution in [2.24, 2.45) is 0 Å². The zero-order valence-corrected chi connectivity index (χ0v) is 18.5. The number of hydrogen-bond acceptors (Lipinski definition) is 11. The Morgan fingerprint density at radius 3 is 2.88 bits per heavy atom. The van der Waals surface area contributed by atoms with Crippen LogP contribution in [0, 0.1) is 11.3 Å². The molecule has 2 saturated heterocycles. The largest absolute Gasteiger partial charge is 0.508 e. The molecule has 0 aromatic carbocycles. The molecule has 1 spiro atoms. The van der Waals surface area contributed by atoms with Crippen LogP contribution in [0.15, 0.2) is 18.5 Å². The van der Waals surface area contributed by atoms with E-state index in [1.807, 2.05) is 6.92 Å². The highest BCUT2D eigenvalue weighted by Crippen LogP contribution is 2.71. The minimum absolute atomic E-state index is 0.0329. The van der Waals surface area contributed by atoms with E-state index in [4.69, 9.17) is 34.2 Å². The minimum Gasteiger partial charge on any atom is -0.432 e. The van der Waals surface area contributed by atoms with Crippen LogP contribution < -0.4 is 5.73 Å². The quantitative estimate of drug-likeness (QED) is 0.473. The summed E-state index contributed by atoms with van der Waals surface area (Å²) in [5.41, 5.74) is 4.29. The molecule has 1 unspecified atom stereocenters. The van der Waals surface area contributed by atoms with Crippen LogP contribution in [0.1, 0.15) is 39.0 Å². The Morgan fingerprint density at radius 1 is 1.30 bits per heavy atom. The van der Waals surface area contributed by atoms with E-state index < -0.39 is 41.5 Å². The van der Waals surface area contributed by atoms with Crippen LogP contribution >= 0.6 is 0 Å². The van der Waals surface area contributed by atoms with Gasteiger partial charge in [0.15, 0.2) is 23.3 Å². The summed E-state index contributed by atoms with van der Waals surface area (Å²) in [5, 5.41) is 14.3. The molecule has 3 fully saturated rings. The maximum Gasteiger partial charge on any atom is 0.508 e. The van der Waals surface area contributed by atoms with Gasteiger partial charge in [-0.1, -0.05) is 6.92 Å². The van der Waals surface area contributed by atoms with Gasteiger partial charge in [0, 0.05) is 6.61 Å². The molecular formula is C21H25N5O7.